The lowest BCUT2D eigenvalue weighted by atomic mass is 10.3. The fraction of sp³-hybridized carbons (Fsp3) is 0.125. The molecule has 5 nitrogen and oxygen atoms in total. The van der Waals surface area contributed by atoms with E-state index < -0.39 is 0 Å². The number of pyridine rings is 1. The van der Waals surface area contributed by atoms with Gasteiger partial charge < -0.3 is 10.2 Å². The van der Waals surface area contributed by atoms with Crippen LogP contribution < -0.4 is 5.73 Å². The van der Waals surface area contributed by atoms with E-state index >= 15 is 0 Å². The molecular formula is C8H7ClN4O. The average Bonchev–Trinajstić information content (AvgIpc) is 2.66. The predicted molar refractivity (Wildman–Crippen MR) is 50.4 cm³/mol. The summed E-state index contributed by atoms with van der Waals surface area (Å²) in [5, 5.41) is 8.05. The molecule has 2 rings (SSSR count). The Hall–Kier alpha value is -1.46. The summed E-state index contributed by atoms with van der Waals surface area (Å²) in [5.74, 6) is 0.764. The van der Waals surface area contributed by atoms with Gasteiger partial charge in [-0.1, -0.05) is 11.6 Å². The Labute approximate surface area is 84.9 Å². The second-order valence-corrected chi connectivity index (χ2v) is 3.03. The second kappa shape index (κ2) is 3.73. The summed E-state index contributed by atoms with van der Waals surface area (Å²) in [6.45, 7) is 0.223. The third-order valence-corrected chi connectivity index (χ3v) is 1.80. The highest BCUT2D eigenvalue weighted by molar-refractivity contribution is 6.30. The molecule has 2 aromatic rings. The summed E-state index contributed by atoms with van der Waals surface area (Å²) in [5.41, 5.74) is 6.02. The van der Waals surface area contributed by atoms with Gasteiger partial charge in [-0.2, -0.15) is 0 Å². The molecule has 0 bridgehead atoms. The largest absolute Gasteiger partial charge is 0.419 e. The Balaban J connectivity index is 2.39. The summed E-state index contributed by atoms with van der Waals surface area (Å²) in [6.07, 6.45) is 3.13. The van der Waals surface area contributed by atoms with E-state index in [-0.39, 0.29) is 6.54 Å². The van der Waals surface area contributed by atoms with E-state index in [2.05, 4.69) is 15.2 Å². The van der Waals surface area contributed by atoms with Gasteiger partial charge in [0, 0.05) is 12.4 Å². The second-order valence-electron chi connectivity index (χ2n) is 2.60. The summed E-state index contributed by atoms with van der Waals surface area (Å²) in [6, 6.07) is 1.70. The first-order valence-corrected chi connectivity index (χ1v) is 4.31. The van der Waals surface area contributed by atoms with Crippen LogP contribution in [0, 0.1) is 0 Å². The van der Waals surface area contributed by atoms with E-state index in [1.165, 1.54) is 6.20 Å². The molecule has 0 spiro atoms. The number of rotatable bonds is 2. The molecule has 0 saturated carbocycles. The molecule has 0 radical (unpaired) electrons. The zero-order valence-electron chi connectivity index (χ0n) is 7.14. The highest BCUT2D eigenvalue weighted by Crippen LogP contribution is 2.19. The maximum absolute atomic E-state index is 5.76. The lowest BCUT2D eigenvalue weighted by Gasteiger charge is -1.93. The molecule has 2 aromatic heterocycles. The van der Waals surface area contributed by atoms with Gasteiger partial charge in [-0.25, -0.2) is 0 Å². The molecule has 0 amide bonds. The zero-order valence-corrected chi connectivity index (χ0v) is 7.90. The third kappa shape index (κ3) is 1.73. The highest BCUT2D eigenvalue weighted by Gasteiger charge is 2.07. The van der Waals surface area contributed by atoms with Crippen molar-refractivity contribution in [3.63, 3.8) is 0 Å². The monoisotopic (exact) mass is 210 g/mol. The Morgan fingerprint density at radius 2 is 2.21 bits per heavy atom. The zero-order chi connectivity index (χ0) is 9.97. The molecule has 0 aliphatic rings. The molecule has 0 atom stereocenters. The van der Waals surface area contributed by atoms with Crippen molar-refractivity contribution in [2.24, 2.45) is 5.73 Å². The van der Waals surface area contributed by atoms with Crippen LogP contribution in [0.15, 0.2) is 22.9 Å². The average molecular weight is 211 g/mol. The molecular weight excluding hydrogens is 204 g/mol. The quantitative estimate of drug-likeness (QED) is 0.807. The molecule has 0 aliphatic heterocycles. The van der Waals surface area contributed by atoms with E-state index in [4.69, 9.17) is 21.8 Å². The summed E-state index contributed by atoms with van der Waals surface area (Å²) >= 11 is 5.76. The van der Waals surface area contributed by atoms with Gasteiger partial charge in [0.15, 0.2) is 0 Å². The third-order valence-electron chi connectivity index (χ3n) is 1.59. The lowest BCUT2D eigenvalue weighted by Crippen LogP contribution is -1.95. The van der Waals surface area contributed by atoms with Gasteiger partial charge in [0.1, 0.15) is 0 Å². The first-order chi connectivity index (χ1) is 6.79. The number of nitrogens with two attached hydrogens (primary N) is 1. The fourth-order valence-electron chi connectivity index (χ4n) is 0.982. The Kier molecular flexibility index (Phi) is 2.43. The van der Waals surface area contributed by atoms with E-state index in [9.17, 15) is 0 Å². The van der Waals surface area contributed by atoms with Crippen LogP contribution in [0.1, 0.15) is 5.89 Å². The van der Waals surface area contributed by atoms with Gasteiger partial charge >= 0.3 is 0 Å². The highest BCUT2D eigenvalue weighted by atomic mass is 35.5. The summed E-state index contributed by atoms with van der Waals surface area (Å²) in [7, 11) is 0. The van der Waals surface area contributed by atoms with Gasteiger partial charge in [0.05, 0.1) is 17.1 Å². The number of aromatic nitrogens is 3. The number of nitrogens with zero attached hydrogens (tertiary/aromatic N) is 3. The van der Waals surface area contributed by atoms with Crippen LogP contribution >= 0.6 is 11.6 Å². The molecule has 14 heavy (non-hydrogen) atoms. The van der Waals surface area contributed by atoms with Crippen molar-refractivity contribution in [1.29, 1.82) is 0 Å². The van der Waals surface area contributed by atoms with Crippen LogP contribution in [0.25, 0.3) is 11.5 Å². The van der Waals surface area contributed by atoms with Gasteiger partial charge in [0.2, 0.25) is 11.8 Å². The van der Waals surface area contributed by atoms with E-state index in [0.717, 1.165) is 0 Å². The number of hydrogen-bond donors (Lipinski definition) is 1. The molecule has 6 heteroatoms. The van der Waals surface area contributed by atoms with Crippen molar-refractivity contribution in [3.05, 3.63) is 29.4 Å². The molecule has 72 valence electrons. The van der Waals surface area contributed by atoms with E-state index in [0.29, 0.717) is 22.4 Å². The van der Waals surface area contributed by atoms with Crippen LogP contribution in [0.5, 0.6) is 0 Å². The minimum absolute atomic E-state index is 0.223. The maximum Gasteiger partial charge on any atom is 0.249 e. The van der Waals surface area contributed by atoms with Gasteiger partial charge in [-0.05, 0) is 6.07 Å². The molecule has 2 heterocycles. The van der Waals surface area contributed by atoms with Crippen LogP contribution in [-0.4, -0.2) is 15.2 Å². The summed E-state index contributed by atoms with van der Waals surface area (Å²) < 4.78 is 5.23. The normalized spacial score (nSPS) is 10.4. The molecule has 0 saturated heterocycles. The number of hydrogen-bond acceptors (Lipinski definition) is 5. The topological polar surface area (TPSA) is 77.8 Å². The fourth-order valence-corrected chi connectivity index (χ4v) is 1.16. The Morgan fingerprint density at radius 3 is 2.86 bits per heavy atom. The number of halogens is 1. The Morgan fingerprint density at radius 1 is 1.36 bits per heavy atom. The van der Waals surface area contributed by atoms with E-state index in [1.807, 2.05) is 0 Å². The first-order valence-electron chi connectivity index (χ1n) is 3.93. The van der Waals surface area contributed by atoms with Crippen LogP contribution in [0.3, 0.4) is 0 Å². The van der Waals surface area contributed by atoms with Crippen LogP contribution in [0.4, 0.5) is 0 Å². The van der Waals surface area contributed by atoms with Gasteiger partial charge in [-0.15, -0.1) is 10.2 Å². The minimum Gasteiger partial charge on any atom is -0.419 e. The summed E-state index contributed by atoms with van der Waals surface area (Å²) in [4.78, 5) is 3.90. The predicted octanol–water partition coefficient (Wildman–Crippen LogP) is 1.24. The lowest BCUT2D eigenvalue weighted by molar-refractivity contribution is 0.508. The molecule has 2 N–H and O–H groups in total. The van der Waals surface area contributed by atoms with Crippen molar-refractivity contribution in [2.45, 2.75) is 6.54 Å². The maximum atomic E-state index is 5.76. The van der Waals surface area contributed by atoms with Crippen molar-refractivity contribution in [2.75, 3.05) is 0 Å². The van der Waals surface area contributed by atoms with E-state index in [1.54, 1.807) is 12.3 Å². The molecule has 0 aliphatic carbocycles. The first kappa shape index (κ1) is 9.11. The van der Waals surface area contributed by atoms with Crippen LogP contribution in [-0.2, 0) is 6.54 Å². The van der Waals surface area contributed by atoms with Gasteiger partial charge in [0.25, 0.3) is 0 Å². The molecule has 0 fully saturated rings. The smallest absolute Gasteiger partial charge is 0.249 e. The molecule has 0 aromatic carbocycles. The van der Waals surface area contributed by atoms with Crippen molar-refractivity contribution in [1.82, 2.24) is 15.2 Å². The molecule has 0 unspecified atom stereocenters. The minimum atomic E-state index is 0.223. The van der Waals surface area contributed by atoms with Crippen molar-refractivity contribution < 1.29 is 4.42 Å². The van der Waals surface area contributed by atoms with Crippen molar-refractivity contribution in [3.8, 4) is 11.5 Å². The SMILES string of the molecule is NCc1nnc(-c2cncc(Cl)c2)o1. The standard InChI is InChI=1S/C8H7ClN4O/c9-6-1-5(3-11-4-6)8-13-12-7(2-10)14-8/h1,3-4H,2,10H2. The Bertz CT molecular complexity index is 442. The van der Waals surface area contributed by atoms with Gasteiger partial charge in [-0.3, -0.25) is 4.98 Å². The van der Waals surface area contributed by atoms with Crippen molar-refractivity contribution >= 4 is 11.6 Å². The van der Waals surface area contributed by atoms with Crippen LogP contribution in [0.2, 0.25) is 5.02 Å².